The van der Waals surface area contributed by atoms with E-state index in [-0.39, 0.29) is 17.6 Å². The van der Waals surface area contributed by atoms with E-state index >= 15 is 0 Å². The van der Waals surface area contributed by atoms with Gasteiger partial charge in [-0.05, 0) is 43.9 Å². The molecule has 0 bridgehead atoms. The molecular weight excluding hydrogens is 290 g/mol. The highest BCUT2D eigenvalue weighted by molar-refractivity contribution is 5.91. The molecule has 4 rings (SSSR count). The highest BCUT2D eigenvalue weighted by Crippen LogP contribution is 2.46. The van der Waals surface area contributed by atoms with Crippen molar-refractivity contribution in [2.24, 2.45) is 0 Å². The summed E-state index contributed by atoms with van der Waals surface area (Å²) in [5, 5.41) is 3.14. The van der Waals surface area contributed by atoms with Crippen molar-refractivity contribution in [1.29, 1.82) is 0 Å². The molecule has 4 nitrogen and oxygen atoms in total. The van der Waals surface area contributed by atoms with Crippen LogP contribution in [0.15, 0.2) is 47.1 Å². The first-order valence-electron chi connectivity index (χ1n) is 8.38. The Morgan fingerprint density at radius 1 is 1.09 bits per heavy atom. The highest BCUT2D eigenvalue weighted by atomic mass is 16.5. The van der Waals surface area contributed by atoms with Gasteiger partial charge >= 0.3 is 0 Å². The van der Waals surface area contributed by atoms with Gasteiger partial charge in [0.15, 0.2) is 5.76 Å². The lowest BCUT2D eigenvalue weighted by molar-refractivity contribution is -0.00223. The van der Waals surface area contributed by atoms with Crippen molar-refractivity contribution in [2.45, 2.75) is 50.2 Å². The van der Waals surface area contributed by atoms with Crippen molar-refractivity contribution in [1.82, 2.24) is 5.32 Å². The van der Waals surface area contributed by atoms with Gasteiger partial charge in [0.1, 0.15) is 11.4 Å². The molecule has 1 saturated carbocycles. The van der Waals surface area contributed by atoms with Crippen LogP contribution in [0.4, 0.5) is 0 Å². The van der Waals surface area contributed by atoms with Gasteiger partial charge < -0.3 is 14.5 Å². The van der Waals surface area contributed by atoms with Crippen molar-refractivity contribution in [3.8, 4) is 5.75 Å². The second-order valence-corrected chi connectivity index (χ2v) is 6.59. The Balaban J connectivity index is 1.63. The third-order valence-electron chi connectivity index (χ3n) is 5.01. The maximum Gasteiger partial charge on any atom is 0.287 e. The van der Waals surface area contributed by atoms with Crippen molar-refractivity contribution < 1.29 is 13.9 Å². The second-order valence-electron chi connectivity index (χ2n) is 6.59. The summed E-state index contributed by atoms with van der Waals surface area (Å²) in [4.78, 5) is 12.4. The van der Waals surface area contributed by atoms with E-state index in [2.05, 4.69) is 5.32 Å². The molecule has 1 aromatic carbocycles. The van der Waals surface area contributed by atoms with Gasteiger partial charge in [-0.15, -0.1) is 0 Å². The average Bonchev–Trinajstić information content (AvgIpc) is 3.10. The summed E-state index contributed by atoms with van der Waals surface area (Å²) < 4.78 is 11.6. The lowest BCUT2D eigenvalue weighted by Crippen LogP contribution is -2.46. The van der Waals surface area contributed by atoms with Crippen LogP contribution >= 0.6 is 0 Å². The Kier molecular flexibility index (Phi) is 3.60. The second kappa shape index (κ2) is 5.76. The summed E-state index contributed by atoms with van der Waals surface area (Å²) in [6.45, 7) is 0. The minimum Gasteiger partial charge on any atom is -0.487 e. The summed E-state index contributed by atoms with van der Waals surface area (Å²) in [6, 6.07) is 11.4. The van der Waals surface area contributed by atoms with Gasteiger partial charge in [-0.2, -0.15) is 0 Å². The van der Waals surface area contributed by atoms with Crippen LogP contribution in [0.25, 0.3) is 0 Å². The van der Waals surface area contributed by atoms with Crippen LogP contribution in [-0.4, -0.2) is 11.5 Å². The van der Waals surface area contributed by atoms with Gasteiger partial charge in [-0.25, -0.2) is 0 Å². The molecule has 1 aliphatic carbocycles. The number of para-hydroxylation sites is 1. The number of fused-ring (bicyclic) bond motifs is 1. The van der Waals surface area contributed by atoms with E-state index < -0.39 is 0 Å². The van der Waals surface area contributed by atoms with Crippen molar-refractivity contribution in [3.63, 3.8) is 0 Å². The predicted molar refractivity (Wildman–Crippen MR) is 86.4 cm³/mol. The van der Waals surface area contributed by atoms with Crippen molar-refractivity contribution in [3.05, 3.63) is 54.0 Å². The van der Waals surface area contributed by atoms with Crippen LogP contribution < -0.4 is 10.1 Å². The zero-order chi connectivity index (χ0) is 15.7. The van der Waals surface area contributed by atoms with Gasteiger partial charge in [0.2, 0.25) is 0 Å². The molecule has 1 amide bonds. The maximum absolute atomic E-state index is 12.4. The largest absolute Gasteiger partial charge is 0.487 e. The number of benzene rings is 1. The van der Waals surface area contributed by atoms with Gasteiger partial charge in [0.05, 0.1) is 12.3 Å². The quantitative estimate of drug-likeness (QED) is 0.902. The molecule has 1 atom stereocenters. The Hall–Kier alpha value is -2.23. The molecule has 1 spiro atoms. The molecule has 0 radical (unpaired) electrons. The van der Waals surface area contributed by atoms with Crippen LogP contribution in [-0.2, 0) is 0 Å². The first-order chi connectivity index (χ1) is 11.3. The summed E-state index contributed by atoms with van der Waals surface area (Å²) in [5.74, 6) is 1.10. The van der Waals surface area contributed by atoms with Crippen molar-refractivity contribution in [2.75, 3.05) is 0 Å². The minimum atomic E-state index is -0.164. The number of hydrogen-bond donors (Lipinski definition) is 1. The first kappa shape index (κ1) is 14.4. The summed E-state index contributed by atoms with van der Waals surface area (Å²) in [6.07, 6.45) is 8.15. The smallest absolute Gasteiger partial charge is 0.287 e. The molecule has 120 valence electrons. The lowest BCUT2D eigenvalue weighted by Gasteiger charge is -2.44. The maximum atomic E-state index is 12.4. The third-order valence-corrected chi connectivity index (χ3v) is 5.01. The molecule has 1 unspecified atom stereocenters. The van der Waals surface area contributed by atoms with E-state index in [1.54, 1.807) is 12.1 Å². The zero-order valence-corrected chi connectivity index (χ0v) is 13.1. The van der Waals surface area contributed by atoms with E-state index in [0.29, 0.717) is 5.76 Å². The van der Waals surface area contributed by atoms with Crippen LogP contribution in [0.5, 0.6) is 5.75 Å². The number of carbonyl (C=O) groups is 1. The van der Waals surface area contributed by atoms with Gasteiger partial charge in [0.25, 0.3) is 5.91 Å². The minimum absolute atomic E-state index is 0.0318. The number of carbonyl (C=O) groups excluding carboxylic acids is 1. The summed E-state index contributed by atoms with van der Waals surface area (Å²) in [7, 11) is 0. The van der Waals surface area contributed by atoms with E-state index in [1.165, 1.54) is 25.5 Å². The van der Waals surface area contributed by atoms with Crippen LogP contribution in [0.3, 0.4) is 0 Å². The molecule has 1 fully saturated rings. The molecule has 0 saturated heterocycles. The fourth-order valence-electron chi connectivity index (χ4n) is 3.89. The molecule has 2 heterocycles. The Morgan fingerprint density at radius 3 is 2.70 bits per heavy atom. The zero-order valence-electron chi connectivity index (χ0n) is 13.1. The monoisotopic (exact) mass is 311 g/mol. The number of rotatable bonds is 2. The fourth-order valence-corrected chi connectivity index (χ4v) is 3.89. The van der Waals surface area contributed by atoms with E-state index in [4.69, 9.17) is 9.15 Å². The van der Waals surface area contributed by atoms with E-state index in [9.17, 15) is 4.79 Å². The third kappa shape index (κ3) is 2.74. The van der Waals surface area contributed by atoms with Crippen molar-refractivity contribution >= 4 is 5.91 Å². The first-order valence-corrected chi connectivity index (χ1v) is 8.38. The van der Waals surface area contributed by atoms with E-state index in [1.807, 2.05) is 24.3 Å². The molecular formula is C19H21NO3. The molecule has 23 heavy (non-hydrogen) atoms. The van der Waals surface area contributed by atoms with Crippen LogP contribution in [0.2, 0.25) is 0 Å². The number of hydrogen-bond acceptors (Lipinski definition) is 3. The molecule has 1 N–H and O–H groups in total. The standard InChI is InChI=1S/C19H21NO3/c21-18(17-9-6-12-22-17)20-15-13-19(10-4-1-5-11-19)23-16-8-3-2-7-14(15)16/h2-3,6-9,12,15H,1,4-5,10-11,13H2,(H,20,21). The Bertz CT molecular complexity index is 686. The summed E-state index contributed by atoms with van der Waals surface area (Å²) in [5.41, 5.74) is 0.928. The molecule has 1 aromatic heterocycles. The average molecular weight is 311 g/mol. The number of ether oxygens (including phenoxy) is 1. The van der Waals surface area contributed by atoms with Gasteiger partial charge in [-0.3, -0.25) is 4.79 Å². The number of amides is 1. The lowest BCUT2D eigenvalue weighted by atomic mass is 9.77. The topological polar surface area (TPSA) is 51.5 Å². The van der Waals surface area contributed by atoms with Crippen LogP contribution in [0.1, 0.15) is 60.7 Å². The Morgan fingerprint density at radius 2 is 1.91 bits per heavy atom. The van der Waals surface area contributed by atoms with Gasteiger partial charge in [-0.1, -0.05) is 24.6 Å². The summed E-state index contributed by atoms with van der Waals surface area (Å²) >= 11 is 0. The van der Waals surface area contributed by atoms with Gasteiger partial charge in [0, 0.05) is 12.0 Å². The number of furan rings is 1. The predicted octanol–water partition coefficient (Wildman–Crippen LogP) is 4.24. The van der Waals surface area contributed by atoms with E-state index in [0.717, 1.165) is 30.6 Å². The fraction of sp³-hybridized carbons (Fsp3) is 0.421. The highest BCUT2D eigenvalue weighted by Gasteiger charge is 2.42. The molecule has 2 aromatic rings. The SMILES string of the molecule is O=C(NC1CC2(CCCCC2)Oc2ccccc21)c1ccco1. The Labute approximate surface area is 135 Å². The molecule has 4 heteroatoms. The molecule has 1 aliphatic heterocycles. The molecule has 2 aliphatic rings. The van der Waals surface area contributed by atoms with Crippen LogP contribution in [0, 0.1) is 0 Å². The number of nitrogens with one attached hydrogen (secondary N) is 1. The normalized spacial score (nSPS) is 22.2.